The molecule has 0 bridgehead atoms. The lowest BCUT2D eigenvalue weighted by Crippen LogP contribution is -2.43. The quantitative estimate of drug-likeness (QED) is 0.732. The van der Waals surface area contributed by atoms with E-state index in [4.69, 9.17) is 5.11 Å². The van der Waals surface area contributed by atoms with Crippen molar-refractivity contribution in [1.29, 1.82) is 0 Å². The molecular weight excluding hydrogens is 192 g/mol. The predicted molar refractivity (Wildman–Crippen MR) is 59.6 cm³/mol. The number of aliphatic hydroxyl groups excluding tert-OH is 1. The van der Waals surface area contributed by atoms with E-state index < -0.39 is 0 Å². The maximum Gasteiger partial charge on any atom is 0.236 e. The van der Waals surface area contributed by atoms with Gasteiger partial charge < -0.3 is 10.0 Å². The summed E-state index contributed by atoms with van der Waals surface area (Å²) >= 11 is 0. The number of aliphatic hydroxyl groups is 1. The van der Waals surface area contributed by atoms with E-state index in [1.807, 2.05) is 20.9 Å². The first-order chi connectivity index (χ1) is 7.06. The molecule has 0 aromatic heterocycles. The van der Waals surface area contributed by atoms with Crippen molar-refractivity contribution in [3.05, 3.63) is 0 Å². The lowest BCUT2D eigenvalue weighted by atomic mass is 10.2. The molecule has 4 nitrogen and oxygen atoms in total. The molecule has 1 amide bonds. The largest absolute Gasteiger partial charge is 0.395 e. The van der Waals surface area contributed by atoms with Crippen LogP contribution in [0.2, 0.25) is 0 Å². The number of rotatable bonds is 4. The minimum atomic E-state index is 0.144. The van der Waals surface area contributed by atoms with Crippen molar-refractivity contribution >= 4 is 5.91 Å². The molecule has 0 spiro atoms. The minimum absolute atomic E-state index is 0.144. The third kappa shape index (κ3) is 3.18. The van der Waals surface area contributed by atoms with Crippen LogP contribution in [0, 0.1) is 0 Å². The second kappa shape index (κ2) is 5.47. The van der Waals surface area contributed by atoms with Gasteiger partial charge in [0.25, 0.3) is 0 Å². The van der Waals surface area contributed by atoms with Crippen LogP contribution in [-0.4, -0.2) is 59.6 Å². The lowest BCUT2D eigenvalue weighted by Gasteiger charge is -2.27. The van der Waals surface area contributed by atoms with Gasteiger partial charge in [-0.05, 0) is 33.2 Å². The Bertz CT molecular complexity index is 219. The van der Waals surface area contributed by atoms with E-state index in [-0.39, 0.29) is 24.6 Å². The van der Waals surface area contributed by atoms with E-state index in [0.29, 0.717) is 6.54 Å². The summed E-state index contributed by atoms with van der Waals surface area (Å²) in [7, 11) is 1.83. The number of hydrogen-bond acceptors (Lipinski definition) is 3. The minimum Gasteiger partial charge on any atom is -0.395 e. The highest BCUT2D eigenvalue weighted by atomic mass is 16.3. The van der Waals surface area contributed by atoms with Gasteiger partial charge in [-0.3, -0.25) is 9.69 Å². The first-order valence-corrected chi connectivity index (χ1v) is 5.66. The van der Waals surface area contributed by atoms with Gasteiger partial charge >= 0.3 is 0 Å². The summed E-state index contributed by atoms with van der Waals surface area (Å²) in [6.07, 6.45) is 2.10. The van der Waals surface area contributed by atoms with Crippen LogP contribution < -0.4 is 0 Å². The Kier molecular flexibility index (Phi) is 4.54. The third-order valence-electron chi connectivity index (χ3n) is 3.22. The van der Waals surface area contributed by atoms with E-state index in [2.05, 4.69) is 4.90 Å². The van der Waals surface area contributed by atoms with Crippen LogP contribution >= 0.6 is 0 Å². The average molecular weight is 214 g/mol. The van der Waals surface area contributed by atoms with Gasteiger partial charge in [0.1, 0.15) is 0 Å². The van der Waals surface area contributed by atoms with Gasteiger partial charge in [-0.15, -0.1) is 0 Å². The fourth-order valence-corrected chi connectivity index (χ4v) is 1.88. The number of nitrogens with zero attached hydrogens (tertiary/aromatic N) is 2. The van der Waals surface area contributed by atoms with Gasteiger partial charge in [0, 0.05) is 19.1 Å². The smallest absolute Gasteiger partial charge is 0.236 e. The van der Waals surface area contributed by atoms with E-state index >= 15 is 0 Å². The molecule has 1 aliphatic heterocycles. The lowest BCUT2D eigenvalue weighted by molar-refractivity contribution is -0.132. The first kappa shape index (κ1) is 12.5. The van der Waals surface area contributed by atoms with Crippen LogP contribution in [0.25, 0.3) is 0 Å². The number of hydrogen-bond donors (Lipinski definition) is 1. The Morgan fingerprint density at radius 1 is 1.60 bits per heavy atom. The highest BCUT2D eigenvalue weighted by molar-refractivity contribution is 5.78. The fraction of sp³-hybridized carbons (Fsp3) is 0.909. The topological polar surface area (TPSA) is 43.8 Å². The van der Waals surface area contributed by atoms with E-state index in [9.17, 15) is 4.79 Å². The molecule has 0 aromatic carbocycles. The number of carbonyl (C=O) groups is 1. The number of likely N-dealkylation sites (N-methyl/N-ethyl adjacent to an activating group) is 1. The van der Waals surface area contributed by atoms with Crippen LogP contribution in [0.1, 0.15) is 26.7 Å². The third-order valence-corrected chi connectivity index (χ3v) is 3.22. The molecule has 0 radical (unpaired) electrons. The SMILES string of the molecule is CC(C)N(C)C(=O)CN1CCC[C@@H]1CO. The number of carbonyl (C=O) groups excluding carboxylic acids is 1. The van der Waals surface area contributed by atoms with E-state index in [1.54, 1.807) is 4.90 Å². The summed E-state index contributed by atoms with van der Waals surface area (Å²) in [5.74, 6) is 0.144. The van der Waals surface area contributed by atoms with Crippen LogP contribution in [0.5, 0.6) is 0 Å². The number of amides is 1. The summed E-state index contributed by atoms with van der Waals surface area (Å²) in [4.78, 5) is 15.6. The maximum atomic E-state index is 11.8. The molecule has 15 heavy (non-hydrogen) atoms. The molecule has 1 N–H and O–H groups in total. The van der Waals surface area contributed by atoms with E-state index in [0.717, 1.165) is 19.4 Å². The molecule has 1 aliphatic rings. The molecular formula is C11H22N2O2. The highest BCUT2D eigenvalue weighted by Gasteiger charge is 2.26. The van der Waals surface area contributed by atoms with E-state index in [1.165, 1.54) is 0 Å². The van der Waals surface area contributed by atoms with Crippen LogP contribution in [0.3, 0.4) is 0 Å². The summed E-state index contributed by atoms with van der Waals surface area (Å²) in [6, 6.07) is 0.433. The molecule has 0 aliphatic carbocycles. The molecule has 1 saturated heterocycles. The Morgan fingerprint density at radius 2 is 2.27 bits per heavy atom. The zero-order valence-electron chi connectivity index (χ0n) is 9.94. The molecule has 1 fully saturated rings. The summed E-state index contributed by atoms with van der Waals surface area (Å²) in [5, 5.41) is 9.13. The zero-order chi connectivity index (χ0) is 11.4. The Hall–Kier alpha value is -0.610. The van der Waals surface area contributed by atoms with Crippen molar-refractivity contribution in [3.63, 3.8) is 0 Å². The molecule has 1 rings (SSSR count). The summed E-state index contributed by atoms with van der Waals surface area (Å²) in [6.45, 7) is 5.55. The molecule has 88 valence electrons. The first-order valence-electron chi connectivity index (χ1n) is 5.66. The normalized spacial score (nSPS) is 22.3. The Labute approximate surface area is 91.9 Å². The van der Waals surface area contributed by atoms with Gasteiger partial charge in [-0.1, -0.05) is 0 Å². The van der Waals surface area contributed by atoms with Crippen molar-refractivity contribution in [1.82, 2.24) is 9.80 Å². The molecule has 1 atom stereocenters. The monoisotopic (exact) mass is 214 g/mol. The molecule has 0 unspecified atom stereocenters. The van der Waals surface area contributed by atoms with Crippen LogP contribution in [0.4, 0.5) is 0 Å². The highest BCUT2D eigenvalue weighted by Crippen LogP contribution is 2.16. The number of likely N-dealkylation sites (tertiary alicyclic amines) is 1. The standard InChI is InChI=1S/C11H22N2O2/c1-9(2)12(3)11(15)7-13-6-4-5-10(13)8-14/h9-10,14H,4-8H2,1-3H3/t10-/m1/s1. The Morgan fingerprint density at radius 3 is 2.80 bits per heavy atom. The van der Waals surface area contributed by atoms with Gasteiger partial charge in [0.2, 0.25) is 5.91 Å². The van der Waals surface area contributed by atoms with Gasteiger partial charge in [0.05, 0.1) is 13.2 Å². The molecule has 1 heterocycles. The van der Waals surface area contributed by atoms with Crippen molar-refractivity contribution in [2.45, 2.75) is 38.8 Å². The average Bonchev–Trinajstić information content (AvgIpc) is 2.63. The maximum absolute atomic E-state index is 11.8. The van der Waals surface area contributed by atoms with Gasteiger partial charge in [-0.25, -0.2) is 0 Å². The van der Waals surface area contributed by atoms with Crippen molar-refractivity contribution < 1.29 is 9.90 Å². The summed E-state index contributed by atoms with van der Waals surface area (Å²) < 4.78 is 0. The summed E-state index contributed by atoms with van der Waals surface area (Å²) in [5.41, 5.74) is 0. The molecule has 0 saturated carbocycles. The Balaban J connectivity index is 2.43. The predicted octanol–water partition coefficient (Wildman–Crippen LogP) is 0.310. The second-order valence-corrected chi connectivity index (χ2v) is 4.55. The molecule has 0 aromatic rings. The van der Waals surface area contributed by atoms with Crippen molar-refractivity contribution in [3.8, 4) is 0 Å². The van der Waals surface area contributed by atoms with Crippen molar-refractivity contribution in [2.24, 2.45) is 0 Å². The van der Waals surface area contributed by atoms with Crippen LogP contribution in [-0.2, 0) is 4.79 Å². The zero-order valence-corrected chi connectivity index (χ0v) is 9.94. The second-order valence-electron chi connectivity index (χ2n) is 4.55. The molecule has 4 heteroatoms. The van der Waals surface area contributed by atoms with Crippen LogP contribution in [0.15, 0.2) is 0 Å². The fourth-order valence-electron chi connectivity index (χ4n) is 1.88. The van der Waals surface area contributed by atoms with Gasteiger partial charge in [-0.2, -0.15) is 0 Å². The van der Waals surface area contributed by atoms with Gasteiger partial charge in [0.15, 0.2) is 0 Å². The van der Waals surface area contributed by atoms with Crippen molar-refractivity contribution in [2.75, 3.05) is 26.7 Å².